The Hall–Kier alpha value is -0.461. The molecule has 0 amide bonds. The number of aryl methyl sites for hydroxylation is 1. The molecule has 0 unspecified atom stereocenters. The van der Waals surface area contributed by atoms with E-state index in [4.69, 9.17) is 4.74 Å². The van der Waals surface area contributed by atoms with Gasteiger partial charge in [-0.05, 0) is 0 Å². The first-order valence-electron chi connectivity index (χ1n) is 3.46. The number of ether oxygens (including phenoxy) is 1. The van der Waals surface area contributed by atoms with Crippen LogP contribution in [0.2, 0.25) is 5.82 Å². The molecule has 0 aromatic heterocycles. The van der Waals surface area contributed by atoms with Gasteiger partial charge in [0.2, 0.25) is 0 Å². The number of hydrogen-bond acceptors (Lipinski definition) is 1. The summed E-state index contributed by atoms with van der Waals surface area (Å²) in [5.41, 5.74) is 1.34. The van der Waals surface area contributed by atoms with Crippen molar-refractivity contribution in [1.82, 2.24) is 0 Å². The second kappa shape index (κ2) is 3.79. The number of methoxy groups -OCH3 is 1. The van der Waals surface area contributed by atoms with Gasteiger partial charge >= 0.3 is 73.5 Å². The summed E-state index contributed by atoms with van der Waals surface area (Å²) >= 11 is 0.594. The van der Waals surface area contributed by atoms with Crippen LogP contribution in [0.25, 0.3) is 0 Å². The van der Waals surface area contributed by atoms with Crippen molar-refractivity contribution in [3.63, 3.8) is 0 Å². The van der Waals surface area contributed by atoms with Crippen molar-refractivity contribution in [2.45, 2.75) is 12.7 Å². The molecule has 0 radical (unpaired) electrons. The van der Waals surface area contributed by atoms with Gasteiger partial charge in [-0.1, -0.05) is 0 Å². The Labute approximate surface area is 73.9 Å². The van der Waals surface area contributed by atoms with Gasteiger partial charge in [0.25, 0.3) is 0 Å². The topological polar surface area (TPSA) is 9.23 Å². The average Bonchev–Trinajstić information content (AvgIpc) is 2.04. The van der Waals surface area contributed by atoms with Crippen LogP contribution in [-0.4, -0.2) is 22.1 Å². The predicted octanol–water partition coefficient (Wildman–Crippen LogP) is 1.38. The third-order valence-electron chi connectivity index (χ3n) is 1.60. The summed E-state index contributed by atoms with van der Waals surface area (Å²) in [5, 5.41) is 0. The van der Waals surface area contributed by atoms with Crippen molar-refractivity contribution in [1.29, 1.82) is 0 Å². The zero-order valence-corrected chi connectivity index (χ0v) is 8.76. The quantitative estimate of drug-likeness (QED) is 0.677. The van der Waals surface area contributed by atoms with Crippen LogP contribution in [0.3, 0.4) is 0 Å². The molecule has 0 aliphatic heterocycles. The third kappa shape index (κ3) is 1.98. The second-order valence-corrected chi connectivity index (χ2v) is 4.11. The van der Waals surface area contributed by atoms with E-state index in [1.165, 1.54) is 10.0 Å². The van der Waals surface area contributed by atoms with E-state index in [0.717, 1.165) is 5.75 Å². The molecule has 1 rings (SSSR count). The fourth-order valence-electron chi connectivity index (χ4n) is 0.978. The molecule has 0 aliphatic rings. The normalized spacial score (nSPS) is 9.73. The second-order valence-electron chi connectivity index (χ2n) is 2.34. The van der Waals surface area contributed by atoms with Gasteiger partial charge in [0.1, 0.15) is 0 Å². The van der Waals surface area contributed by atoms with Crippen LogP contribution in [0.5, 0.6) is 5.75 Å². The summed E-state index contributed by atoms with van der Waals surface area (Å²) in [5.74, 6) is 3.18. The Balaban J connectivity index is 2.99. The Morgan fingerprint density at radius 3 is 2.55 bits per heavy atom. The molecule has 0 bridgehead atoms. The molecule has 60 valence electrons. The summed E-state index contributed by atoms with van der Waals surface area (Å²) in [4.78, 5) is 0. The minimum absolute atomic E-state index is 0.594. The van der Waals surface area contributed by atoms with Gasteiger partial charge in [-0.25, -0.2) is 0 Å². The first-order chi connectivity index (χ1) is 5.27. The van der Waals surface area contributed by atoms with Crippen LogP contribution in [-0.2, 0) is 0 Å². The van der Waals surface area contributed by atoms with Crippen LogP contribution < -0.4 is 9.20 Å². The molecule has 0 N–H and O–H groups in total. The summed E-state index contributed by atoms with van der Waals surface area (Å²) in [6.45, 7) is 2.13. The summed E-state index contributed by atoms with van der Waals surface area (Å²) in [7, 11) is 1.70. The molecule has 0 saturated heterocycles. The maximum absolute atomic E-state index is 5.10. The van der Waals surface area contributed by atoms with Crippen LogP contribution in [0.1, 0.15) is 5.56 Å². The molecule has 0 heterocycles. The van der Waals surface area contributed by atoms with Crippen LogP contribution in [0, 0.1) is 6.92 Å². The van der Waals surface area contributed by atoms with Crippen molar-refractivity contribution >= 4 is 19.4 Å². The van der Waals surface area contributed by atoms with Crippen LogP contribution in [0.4, 0.5) is 0 Å². The van der Waals surface area contributed by atoms with Gasteiger partial charge in [-0.3, -0.25) is 0 Å². The molecule has 2 heteroatoms. The first-order valence-corrected chi connectivity index (χ1v) is 6.03. The maximum atomic E-state index is 5.10. The van der Waals surface area contributed by atoms with E-state index in [1.54, 1.807) is 7.11 Å². The van der Waals surface area contributed by atoms with Crippen molar-refractivity contribution in [3.8, 4) is 5.75 Å². The van der Waals surface area contributed by atoms with E-state index in [-0.39, 0.29) is 0 Å². The van der Waals surface area contributed by atoms with Crippen molar-refractivity contribution in [3.05, 3.63) is 23.8 Å². The molecule has 1 aromatic rings. The van der Waals surface area contributed by atoms with Crippen molar-refractivity contribution in [2.75, 3.05) is 7.11 Å². The molecule has 1 aromatic carbocycles. The van der Waals surface area contributed by atoms with Gasteiger partial charge < -0.3 is 0 Å². The summed E-state index contributed by atoms with van der Waals surface area (Å²) in [6, 6.07) is 6.25. The van der Waals surface area contributed by atoms with E-state index in [0.29, 0.717) is 15.0 Å². The average molecular weight is 215 g/mol. The number of benzene rings is 1. The molecule has 0 spiro atoms. The van der Waals surface area contributed by atoms with Crippen molar-refractivity contribution < 1.29 is 4.74 Å². The number of hydrogen-bond donors (Lipinski definition) is 0. The van der Waals surface area contributed by atoms with E-state index in [2.05, 4.69) is 24.9 Å². The monoisotopic (exact) mass is 216 g/mol. The number of rotatable bonds is 2. The third-order valence-corrected chi connectivity index (χ3v) is 3.49. The van der Waals surface area contributed by atoms with Gasteiger partial charge in [0.05, 0.1) is 0 Å². The molecular formula is C9H12OSe. The Morgan fingerprint density at radius 1 is 1.36 bits per heavy atom. The fraction of sp³-hybridized carbons (Fsp3) is 0.333. The fourth-order valence-corrected chi connectivity index (χ4v) is 2.21. The van der Waals surface area contributed by atoms with Gasteiger partial charge in [-0.2, -0.15) is 0 Å². The zero-order chi connectivity index (χ0) is 8.27. The molecule has 0 aliphatic carbocycles. The molecule has 1 nitrogen and oxygen atoms in total. The predicted molar refractivity (Wildman–Crippen MR) is 49.0 cm³/mol. The molecule has 0 fully saturated rings. The van der Waals surface area contributed by atoms with Gasteiger partial charge in [0, 0.05) is 0 Å². The molecule has 0 saturated carbocycles. The van der Waals surface area contributed by atoms with E-state index in [1.807, 2.05) is 6.07 Å². The molecule has 0 atom stereocenters. The zero-order valence-electron chi connectivity index (χ0n) is 7.05. The SMILES string of the molecule is COc1ccc([Se]C)c(C)c1. The standard InChI is InChI=1S/C9H12OSe/c1-7-6-8(10-2)4-5-9(7)11-3/h4-6H,1-3H3. The van der Waals surface area contributed by atoms with E-state index in [9.17, 15) is 0 Å². The summed E-state index contributed by atoms with van der Waals surface area (Å²) < 4.78 is 6.56. The Bertz CT molecular complexity index is 245. The first kappa shape index (κ1) is 8.63. The summed E-state index contributed by atoms with van der Waals surface area (Å²) in [6.07, 6.45) is 0. The van der Waals surface area contributed by atoms with Gasteiger partial charge in [0.15, 0.2) is 0 Å². The Kier molecular flexibility index (Phi) is 2.98. The molecule has 11 heavy (non-hydrogen) atoms. The van der Waals surface area contributed by atoms with Gasteiger partial charge in [-0.15, -0.1) is 0 Å². The molecular weight excluding hydrogens is 203 g/mol. The minimum atomic E-state index is 0.594. The van der Waals surface area contributed by atoms with Crippen LogP contribution in [0.15, 0.2) is 18.2 Å². The Morgan fingerprint density at radius 2 is 2.09 bits per heavy atom. The van der Waals surface area contributed by atoms with Crippen molar-refractivity contribution in [2.24, 2.45) is 0 Å². The van der Waals surface area contributed by atoms with E-state index >= 15 is 0 Å². The van der Waals surface area contributed by atoms with Crippen LogP contribution >= 0.6 is 0 Å². The van der Waals surface area contributed by atoms with E-state index < -0.39 is 0 Å².